The van der Waals surface area contributed by atoms with E-state index in [1.54, 1.807) is 0 Å². The van der Waals surface area contributed by atoms with Gasteiger partial charge in [0, 0.05) is 24.4 Å². The number of hydrogen-bond acceptors (Lipinski definition) is 3. The molecule has 2 rings (SSSR count). The van der Waals surface area contributed by atoms with Gasteiger partial charge >= 0.3 is 0 Å². The molecule has 0 amide bonds. The Bertz CT molecular complexity index is 355. The molecule has 1 unspecified atom stereocenters. The molecule has 106 valence electrons. The number of hydrogen-bond donors (Lipinski definition) is 2. The van der Waals surface area contributed by atoms with E-state index < -0.39 is 0 Å². The molecule has 19 heavy (non-hydrogen) atoms. The van der Waals surface area contributed by atoms with E-state index in [4.69, 9.17) is 5.84 Å². The Balaban J connectivity index is 1.86. The van der Waals surface area contributed by atoms with Crippen LogP contribution in [0.2, 0.25) is 0 Å². The molecule has 1 saturated carbocycles. The molecular formula is C16H27N3. The van der Waals surface area contributed by atoms with Gasteiger partial charge in [-0.3, -0.25) is 16.3 Å². The van der Waals surface area contributed by atoms with Crippen molar-refractivity contribution in [1.29, 1.82) is 0 Å². The summed E-state index contributed by atoms with van der Waals surface area (Å²) >= 11 is 0. The first kappa shape index (κ1) is 14.5. The molecule has 0 saturated heterocycles. The van der Waals surface area contributed by atoms with Gasteiger partial charge in [-0.05, 0) is 30.4 Å². The van der Waals surface area contributed by atoms with Crippen molar-refractivity contribution in [2.24, 2.45) is 11.8 Å². The van der Waals surface area contributed by atoms with E-state index in [9.17, 15) is 0 Å². The molecule has 1 atom stereocenters. The zero-order valence-electron chi connectivity index (χ0n) is 12.1. The third kappa shape index (κ3) is 4.59. The van der Waals surface area contributed by atoms with Crippen LogP contribution in [0.25, 0.3) is 0 Å². The molecule has 1 heterocycles. The van der Waals surface area contributed by atoms with E-state index >= 15 is 0 Å². The molecule has 0 bridgehead atoms. The SMILES string of the molecule is CCc1ccc(CC(CC2CCCCC2)NN)nc1. The maximum atomic E-state index is 5.72. The number of pyridine rings is 1. The fraction of sp³-hybridized carbons (Fsp3) is 0.688. The van der Waals surface area contributed by atoms with Crippen molar-refractivity contribution in [3.63, 3.8) is 0 Å². The number of hydrazine groups is 1. The lowest BCUT2D eigenvalue weighted by Crippen LogP contribution is -2.38. The summed E-state index contributed by atoms with van der Waals surface area (Å²) < 4.78 is 0. The number of nitrogens with two attached hydrogens (primary N) is 1. The maximum Gasteiger partial charge on any atom is 0.0419 e. The first-order valence-corrected chi connectivity index (χ1v) is 7.71. The van der Waals surface area contributed by atoms with Crippen LogP contribution in [-0.4, -0.2) is 11.0 Å². The van der Waals surface area contributed by atoms with Gasteiger partial charge in [-0.15, -0.1) is 0 Å². The number of nitrogens with one attached hydrogen (secondary N) is 1. The number of nitrogens with zero attached hydrogens (tertiary/aromatic N) is 1. The second-order valence-electron chi connectivity index (χ2n) is 5.82. The van der Waals surface area contributed by atoms with E-state index in [-0.39, 0.29) is 0 Å². The van der Waals surface area contributed by atoms with Gasteiger partial charge in [-0.25, -0.2) is 0 Å². The van der Waals surface area contributed by atoms with Crippen molar-refractivity contribution < 1.29 is 0 Å². The predicted octanol–water partition coefficient (Wildman–Crippen LogP) is 2.99. The van der Waals surface area contributed by atoms with Crippen molar-refractivity contribution in [2.45, 2.75) is 64.3 Å². The summed E-state index contributed by atoms with van der Waals surface area (Å²) in [6.45, 7) is 2.16. The topological polar surface area (TPSA) is 50.9 Å². The minimum Gasteiger partial charge on any atom is -0.271 e. The largest absolute Gasteiger partial charge is 0.271 e. The Kier molecular flexibility index (Phi) is 5.80. The van der Waals surface area contributed by atoms with E-state index in [0.717, 1.165) is 24.5 Å². The molecule has 0 radical (unpaired) electrons. The average molecular weight is 261 g/mol. The summed E-state index contributed by atoms with van der Waals surface area (Å²) in [5, 5.41) is 0. The van der Waals surface area contributed by atoms with E-state index in [1.807, 2.05) is 6.20 Å². The summed E-state index contributed by atoms with van der Waals surface area (Å²) in [5.41, 5.74) is 5.43. The van der Waals surface area contributed by atoms with Gasteiger partial charge < -0.3 is 0 Å². The minimum absolute atomic E-state index is 0.364. The molecule has 3 heteroatoms. The molecular weight excluding hydrogens is 234 g/mol. The Morgan fingerprint density at radius 1 is 1.32 bits per heavy atom. The van der Waals surface area contributed by atoms with Crippen LogP contribution in [0.15, 0.2) is 18.3 Å². The van der Waals surface area contributed by atoms with Gasteiger partial charge in [0.15, 0.2) is 0 Å². The van der Waals surface area contributed by atoms with Crippen molar-refractivity contribution >= 4 is 0 Å². The third-order valence-corrected chi connectivity index (χ3v) is 4.33. The molecule has 1 aromatic heterocycles. The number of rotatable bonds is 6. The van der Waals surface area contributed by atoms with Gasteiger partial charge in [0.05, 0.1) is 0 Å². The zero-order chi connectivity index (χ0) is 13.5. The van der Waals surface area contributed by atoms with E-state index in [1.165, 1.54) is 44.1 Å². The lowest BCUT2D eigenvalue weighted by molar-refractivity contribution is 0.297. The van der Waals surface area contributed by atoms with Crippen molar-refractivity contribution in [2.75, 3.05) is 0 Å². The monoisotopic (exact) mass is 261 g/mol. The fourth-order valence-corrected chi connectivity index (χ4v) is 3.07. The molecule has 1 aliphatic rings. The Hall–Kier alpha value is -0.930. The van der Waals surface area contributed by atoms with Gasteiger partial charge in [-0.2, -0.15) is 0 Å². The number of aromatic nitrogens is 1. The van der Waals surface area contributed by atoms with Crippen LogP contribution in [0, 0.1) is 5.92 Å². The Morgan fingerprint density at radius 3 is 2.68 bits per heavy atom. The fourth-order valence-electron chi connectivity index (χ4n) is 3.07. The summed E-state index contributed by atoms with van der Waals surface area (Å²) in [6.07, 6.45) is 12.1. The lowest BCUT2D eigenvalue weighted by Gasteiger charge is -2.26. The first-order chi connectivity index (χ1) is 9.31. The van der Waals surface area contributed by atoms with Gasteiger partial charge in [0.1, 0.15) is 0 Å². The van der Waals surface area contributed by atoms with Crippen LogP contribution in [-0.2, 0) is 12.8 Å². The van der Waals surface area contributed by atoms with Crippen LogP contribution >= 0.6 is 0 Å². The van der Waals surface area contributed by atoms with Gasteiger partial charge in [0.2, 0.25) is 0 Å². The summed E-state index contributed by atoms with van der Waals surface area (Å²) in [7, 11) is 0. The Labute approximate surface area is 117 Å². The highest BCUT2D eigenvalue weighted by molar-refractivity contribution is 5.14. The molecule has 0 spiro atoms. The highest BCUT2D eigenvalue weighted by atomic mass is 15.2. The molecule has 3 nitrogen and oxygen atoms in total. The number of aryl methyl sites for hydroxylation is 1. The standard InChI is InChI=1S/C16H27N3/c1-2-13-8-9-15(18-12-13)11-16(19-17)10-14-6-4-3-5-7-14/h8-9,12,14,16,19H,2-7,10-11,17H2,1H3. The van der Waals surface area contributed by atoms with Crippen LogP contribution in [0.5, 0.6) is 0 Å². The molecule has 0 aromatic carbocycles. The second-order valence-corrected chi connectivity index (χ2v) is 5.82. The normalized spacial score (nSPS) is 18.4. The highest BCUT2D eigenvalue weighted by Gasteiger charge is 2.18. The third-order valence-electron chi connectivity index (χ3n) is 4.33. The Morgan fingerprint density at radius 2 is 2.11 bits per heavy atom. The van der Waals surface area contributed by atoms with Crippen molar-refractivity contribution in [3.8, 4) is 0 Å². The minimum atomic E-state index is 0.364. The van der Waals surface area contributed by atoms with Crippen LogP contribution < -0.4 is 11.3 Å². The zero-order valence-corrected chi connectivity index (χ0v) is 12.1. The average Bonchev–Trinajstić information content (AvgIpc) is 2.48. The molecule has 3 N–H and O–H groups in total. The van der Waals surface area contributed by atoms with Crippen LogP contribution in [0.3, 0.4) is 0 Å². The molecule has 1 aromatic rings. The smallest absolute Gasteiger partial charge is 0.0419 e. The summed E-state index contributed by atoms with van der Waals surface area (Å²) in [6, 6.07) is 4.68. The van der Waals surface area contributed by atoms with Gasteiger partial charge in [0.25, 0.3) is 0 Å². The maximum absolute atomic E-state index is 5.72. The van der Waals surface area contributed by atoms with E-state index in [2.05, 4.69) is 29.5 Å². The lowest BCUT2D eigenvalue weighted by atomic mass is 9.84. The van der Waals surface area contributed by atoms with E-state index in [0.29, 0.717) is 6.04 Å². The van der Waals surface area contributed by atoms with Crippen LogP contribution in [0.1, 0.15) is 56.7 Å². The van der Waals surface area contributed by atoms with Crippen molar-refractivity contribution in [3.05, 3.63) is 29.6 Å². The van der Waals surface area contributed by atoms with Crippen LogP contribution in [0.4, 0.5) is 0 Å². The van der Waals surface area contributed by atoms with Gasteiger partial charge in [-0.1, -0.05) is 45.1 Å². The predicted molar refractivity (Wildman–Crippen MR) is 79.6 cm³/mol. The molecule has 1 aliphatic carbocycles. The molecule has 0 aliphatic heterocycles. The van der Waals surface area contributed by atoms with Crippen molar-refractivity contribution in [1.82, 2.24) is 10.4 Å². The highest BCUT2D eigenvalue weighted by Crippen LogP contribution is 2.27. The summed E-state index contributed by atoms with van der Waals surface area (Å²) in [5.74, 6) is 6.57. The molecule has 1 fully saturated rings. The summed E-state index contributed by atoms with van der Waals surface area (Å²) in [4.78, 5) is 4.53. The first-order valence-electron chi connectivity index (χ1n) is 7.71. The quantitative estimate of drug-likeness (QED) is 0.611. The second kappa shape index (κ2) is 7.61.